The Morgan fingerprint density at radius 3 is 2.65 bits per heavy atom. The molecule has 94 valence electrons. The summed E-state index contributed by atoms with van der Waals surface area (Å²) in [5, 5.41) is 3.71. The highest BCUT2D eigenvalue weighted by molar-refractivity contribution is 8.00. The van der Waals surface area contributed by atoms with Crippen LogP contribution in [0.3, 0.4) is 0 Å². The molecule has 0 unspecified atom stereocenters. The fraction of sp³-hybridized carbons (Fsp3) is 0.600. The zero-order chi connectivity index (χ0) is 12.3. The summed E-state index contributed by atoms with van der Waals surface area (Å²) >= 11 is 2.04. The minimum Gasteiger partial charge on any atom is -0.383 e. The van der Waals surface area contributed by atoms with E-state index in [1.807, 2.05) is 11.8 Å². The van der Waals surface area contributed by atoms with E-state index >= 15 is 0 Å². The van der Waals surface area contributed by atoms with E-state index in [-0.39, 0.29) is 0 Å². The van der Waals surface area contributed by atoms with Gasteiger partial charge in [-0.2, -0.15) is 11.8 Å². The van der Waals surface area contributed by atoms with Crippen molar-refractivity contribution in [2.24, 2.45) is 0 Å². The third-order valence-electron chi connectivity index (χ3n) is 4.03. The van der Waals surface area contributed by atoms with Gasteiger partial charge >= 0.3 is 0 Å². The van der Waals surface area contributed by atoms with Crippen molar-refractivity contribution < 1.29 is 0 Å². The summed E-state index contributed by atoms with van der Waals surface area (Å²) in [4.78, 5) is 0. The van der Waals surface area contributed by atoms with Crippen molar-refractivity contribution in [1.82, 2.24) is 0 Å². The lowest BCUT2D eigenvalue weighted by Crippen LogP contribution is -2.40. The van der Waals surface area contributed by atoms with Gasteiger partial charge in [0, 0.05) is 17.0 Å². The van der Waals surface area contributed by atoms with Gasteiger partial charge in [0.1, 0.15) is 0 Å². The summed E-state index contributed by atoms with van der Waals surface area (Å²) < 4.78 is 0.507. The lowest BCUT2D eigenvalue weighted by molar-refractivity contribution is 0.380. The summed E-state index contributed by atoms with van der Waals surface area (Å²) in [5.41, 5.74) is 4.19. The van der Waals surface area contributed by atoms with Crippen LogP contribution in [0.5, 0.6) is 0 Å². The SMILES string of the molecule is CCc1cccc(C)c1NCC1(SC)CCC1. The maximum atomic E-state index is 3.71. The molecule has 0 bridgehead atoms. The van der Waals surface area contributed by atoms with Crippen LogP contribution in [0.4, 0.5) is 5.69 Å². The van der Waals surface area contributed by atoms with Crippen LogP contribution in [-0.4, -0.2) is 17.5 Å². The molecule has 2 heteroatoms. The first-order chi connectivity index (χ1) is 8.21. The van der Waals surface area contributed by atoms with Crippen LogP contribution in [0.25, 0.3) is 0 Å². The number of hydrogen-bond donors (Lipinski definition) is 1. The summed E-state index contributed by atoms with van der Waals surface area (Å²) in [6.07, 6.45) is 7.50. The predicted molar refractivity (Wildman–Crippen MR) is 79.1 cm³/mol. The largest absolute Gasteiger partial charge is 0.383 e. The number of hydrogen-bond acceptors (Lipinski definition) is 2. The summed E-state index contributed by atoms with van der Waals surface area (Å²) in [6, 6.07) is 6.60. The smallest absolute Gasteiger partial charge is 0.0402 e. The van der Waals surface area contributed by atoms with Gasteiger partial charge in [0.05, 0.1) is 0 Å². The fourth-order valence-electron chi connectivity index (χ4n) is 2.55. The predicted octanol–water partition coefficient (Wildman–Crippen LogP) is 4.26. The number of para-hydroxylation sites is 1. The van der Waals surface area contributed by atoms with Crippen molar-refractivity contribution in [3.05, 3.63) is 29.3 Å². The summed E-state index contributed by atoms with van der Waals surface area (Å²) in [7, 11) is 0. The van der Waals surface area contributed by atoms with Crippen LogP contribution >= 0.6 is 11.8 Å². The number of aryl methyl sites for hydroxylation is 2. The third kappa shape index (κ3) is 2.62. The number of nitrogens with one attached hydrogen (secondary N) is 1. The molecule has 0 spiro atoms. The van der Waals surface area contributed by atoms with Gasteiger partial charge in [0.15, 0.2) is 0 Å². The highest BCUT2D eigenvalue weighted by atomic mass is 32.2. The van der Waals surface area contributed by atoms with Crippen molar-refractivity contribution in [3.63, 3.8) is 0 Å². The molecule has 0 atom stereocenters. The zero-order valence-corrected chi connectivity index (χ0v) is 12.0. The van der Waals surface area contributed by atoms with Crippen LogP contribution < -0.4 is 5.32 Å². The molecule has 0 aromatic heterocycles. The summed E-state index contributed by atoms with van der Waals surface area (Å²) in [5.74, 6) is 0. The molecule has 0 aliphatic heterocycles. The van der Waals surface area contributed by atoms with E-state index in [2.05, 4.69) is 43.6 Å². The molecule has 1 fully saturated rings. The lowest BCUT2D eigenvalue weighted by atomic mass is 9.84. The normalized spacial score (nSPS) is 17.6. The molecule has 1 aliphatic rings. The van der Waals surface area contributed by atoms with Crippen LogP contribution in [0.2, 0.25) is 0 Å². The number of benzene rings is 1. The Hall–Kier alpha value is -0.630. The Balaban J connectivity index is 2.08. The van der Waals surface area contributed by atoms with Crippen LogP contribution in [0.15, 0.2) is 18.2 Å². The minimum absolute atomic E-state index is 0.507. The fourth-order valence-corrected chi connectivity index (χ4v) is 3.46. The standard InChI is InChI=1S/C15H23NS/c1-4-13-8-5-7-12(2)14(13)16-11-15(17-3)9-6-10-15/h5,7-8,16H,4,6,9-11H2,1-3H3. The molecule has 2 rings (SSSR count). The highest BCUT2D eigenvalue weighted by Gasteiger charge is 2.35. The second-order valence-corrected chi connectivity index (χ2v) is 6.33. The van der Waals surface area contributed by atoms with E-state index in [0.717, 1.165) is 13.0 Å². The second-order valence-electron chi connectivity index (χ2n) is 5.06. The molecule has 1 aromatic rings. The Morgan fingerprint density at radius 2 is 2.12 bits per heavy atom. The molecular weight excluding hydrogens is 226 g/mol. The van der Waals surface area contributed by atoms with Crippen molar-refractivity contribution in [2.75, 3.05) is 18.1 Å². The maximum absolute atomic E-state index is 3.71. The number of anilines is 1. The van der Waals surface area contributed by atoms with Crippen LogP contribution in [0.1, 0.15) is 37.3 Å². The quantitative estimate of drug-likeness (QED) is 0.837. The molecule has 0 heterocycles. The first kappa shape index (κ1) is 12.8. The van der Waals surface area contributed by atoms with Crippen LogP contribution in [0, 0.1) is 6.92 Å². The monoisotopic (exact) mass is 249 g/mol. The van der Waals surface area contributed by atoms with E-state index in [0.29, 0.717) is 4.75 Å². The number of thioether (sulfide) groups is 1. The van der Waals surface area contributed by atoms with Crippen molar-refractivity contribution in [1.29, 1.82) is 0 Å². The molecular formula is C15H23NS. The molecule has 0 saturated heterocycles. The Kier molecular flexibility index (Phi) is 4.03. The van der Waals surface area contributed by atoms with Crippen LogP contribution in [-0.2, 0) is 6.42 Å². The van der Waals surface area contributed by atoms with E-state index in [1.54, 1.807) is 0 Å². The minimum atomic E-state index is 0.507. The highest BCUT2D eigenvalue weighted by Crippen LogP contribution is 2.43. The molecule has 0 amide bonds. The Labute approximate surface area is 109 Å². The molecule has 17 heavy (non-hydrogen) atoms. The van der Waals surface area contributed by atoms with Gasteiger partial charge in [-0.1, -0.05) is 31.5 Å². The summed E-state index contributed by atoms with van der Waals surface area (Å²) in [6.45, 7) is 5.55. The van der Waals surface area contributed by atoms with Gasteiger partial charge in [-0.15, -0.1) is 0 Å². The van der Waals surface area contributed by atoms with Gasteiger partial charge in [-0.25, -0.2) is 0 Å². The van der Waals surface area contributed by atoms with Gasteiger partial charge in [-0.05, 0) is 43.6 Å². The van der Waals surface area contributed by atoms with E-state index in [9.17, 15) is 0 Å². The third-order valence-corrected chi connectivity index (χ3v) is 5.44. The molecule has 1 N–H and O–H groups in total. The van der Waals surface area contributed by atoms with Gasteiger partial charge < -0.3 is 5.32 Å². The molecule has 1 saturated carbocycles. The van der Waals surface area contributed by atoms with Gasteiger partial charge in [-0.3, -0.25) is 0 Å². The maximum Gasteiger partial charge on any atom is 0.0402 e. The Morgan fingerprint density at radius 1 is 1.35 bits per heavy atom. The molecule has 0 radical (unpaired) electrons. The molecule has 1 aliphatic carbocycles. The van der Waals surface area contributed by atoms with Gasteiger partial charge in [0.25, 0.3) is 0 Å². The molecule has 1 aromatic carbocycles. The van der Waals surface area contributed by atoms with Gasteiger partial charge in [0.2, 0.25) is 0 Å². The lowest BCUT2D eigenvalue weighted by Gasteiger charge is -2.41. The van der Waals surface area contributed by atoms with E-state index in [4.69, 9.17) is 0 Å². The first-order valence-electron chi connectivity index (χ1n) is 6.58. The average molecular weight is 249 g/mol. The second kappa shape index (κ2) is 5.34. The average Bonchev–Trinajstić information content (AvgIpc) is 2.29. The van der Waals surface area contributed by atoms with Crippen molar-refractivity contribution >= 4 is 17.4 Å². The van der Waals surface area contributed by atoms with E-state index in [1.165, 1.54) is 36.1 Å². The van der Waals surface area contributed by atoms with E-state index < -0.39 is 0 Å². The number of rotatable bonds is 5. The molecule has 1 nitrogen and oxygen atoms in total. The van der Waals surface area contributed by atoms with Crippen molar-refractivity contribution in [3.8, 4) is 0 Å². The topological polar surface area (TPSA) is 12.0 Å². The zero-order valence-electron chi connectivity index (χ0n) is 11.2. The van der Waals surface area contributed by atoms with Crippen molar-refractivity contribution in [2.45, 2.75) is 44.3 Å². The first-order valence-corrected chi connectivity index (χ1v) is 7.81. The Bertz CT molecular complexity index is 377.